The van der Waals surface area contributed by atoms with E-state index < -0.39 is 0 Å². The maximum atomic E-state index is 13.3. The fraction of sp³-hybridized carbons (Fsp3) is 0.407. The van der Waals surface area contributed by atoms with Crippen LogP contribution in [0.25, 0.3) is 10.9 Å². The summed E-state index contributed by atoms with van der Waals surface area (Å²) in [6.07, 6.45) is 5.68. The van der Waals surface area contributed by atoms with Crippen molar-refractivity contribution in [1.29, 1.82) is 0 Å². The lowest BCUT2D eigenvalue weighted by Crippen LogP contribution is -2.38. The molecule has 0 radical (unpaired) electrons. The van der Waals surface area contributed by atoms with E-state index in [2.05, 4.69) is 25.4 Å². The quantitative estimate of drug-likeness (QED) is 0.366. The SMILES string of the molecule is COc1cc2cc(CN(Cc3nnnn3Cc3ccc(F)cc3)C3CCCCC3)c(=O)[nH]c2cc1OC. The van der Waals surface area contributed by atoms with Crippen LogP contribution in [0.5, 0.6) is 11.5 Å². The summed E-state index contributed by atoms with van der Waals surface area (Å²) in [5.41, 5.74) is 2.14. The Labute approximate surface area is 214 Å². The predicted octanol–water partition coefficient (Wildman–Crippen LogP) is 4.05. The van der Waals surface area contributed by atoms with Crippen LogP contribution in [0, 0.1) is 5.82 Å². The fourth-order valence-electron chi connectivity index (χ4n) is 5.08. The molecule has 9 nitrogen and oxygen atoms in total. The molecule has 0 unspecified atom stereocenters. The summed E-state index contributed by atoms with van der Waals surface area (Å²) in [5, 5.41) is 13.2. The molecule has 1 aliphatic carbocycles. The molecule has 1 saturated carbocycles. The molecular formula is C27H31FN6O3. The van der Waals surface area contributed by atoms with E-state index in [1.165, 1.54) is 18.6 Å². The second-order valence-corrected chi connectivity index (χ2v) is 9.49. The molecule has 4 aromatic rings. The van der Waals surface area contributed by atoms with E-state index in [4.69, 9.17) is 9.47 Å². The molecule has 0 bridgehead atoms. The molecule has 194 valence electrons. The standard InChI is InChI=1S/C27H31FN6O3/c1-36-24-13-19-12-20(27(35)29-23(19)14-25(24)37-2)16-33(22-6-4-3-5-7-22)17-26-30-31-32-34(26)15-18-8-10-21(28)11-9-18/h8-14,22H,3-7,15-17H2,1-2H3,(H,29,35). The minimum absolute atomic E-state index is 0.133. The molecule has 2 heterocycles. The van der Waals surface area contributed by atoms with Crippen LogP contribution < -0.4 is 15.0 Å². The van der Waals surface area contributed by atoms with Gasteiger partial charge in [-0.05, 0) is 53.1 Å². The normalized spacial score (nSPS) is 14.4. The van der Waals surface area contributed by atoms with E-state index >= 15 is 0 Å². The van der Waals surface area contributed by atoms with Gasteiger partial charge in [0.05, 0.1) is 32.8 Å². The fourth-order valence-corrected chi connectivity index (χ4v) is 5.08. The van der Waals surface area contributed by atoms with Crippen LogP contribution in [0.4, 0.5) is 4.39 Å². The molecule has 5 rings (SSSR count). The maximum absolute atomic E-state index is 13.3. The van der Waals surface area contributed by atoms with Gasteiger partial charge in [-0.2, -0.15) is 0 Å². The van der Waals surface area contributed by atoms with Crippen molar-refractivity contribution in [3.8, 4) is 11.5 Å². The van der Waals surface area contributed by atoms with Gasteiger partial charge in [-0.1, -0.05) is 31.4 Å². The van der Waals surface area contributed by atoms with Crippen LogP contribution in [-0.4, -0.2) is 50.4 Å². The summed E-state index contributed by atoms with van der Waals surface area (Å²) in [7, 11) is 3.17. The Morgan fingerprint density at radius 2 is 1.76 bits per heavy atom. The van der Waals surface area contributed by atoms with Crippen LogP contribution in [-0.2, 0) is 19.6 Å². The number of aromatic amines is 1. The Kier molecular flexibility index (Phi) is 7.45. The molecule has 0 saturated heterocycles. The molecule has 0 aliphatic heterocycles. The van der Waals surface area contributed by atoms with E-state index in [0.29, 0.717) is 54.1 Å². The molecule has 1 fully saturated rings. The first-order chi connectivity index (χ1) is 18.0. The number of H-pyrrole nitrogens is 1. The van der Waals surface area contributed by atoms with Crippen LogP contribution in [0.1, 0.15) is 49.1 Å². The first-order valence-corrected chi connectivity index (χ1v) is 12.6. The smallest absolute Gasteiger partial charge is 0.252 e. The van der Waals surface area contributed by atoms with Crippen molar-refractivity contribution in [2.24, 2.45) is 0 Å². The lowest BCUT2D eigenvalue weighted by molar-refractivity contribution is 0.134. The predicted molar refractivity (Wildman–Crippen MR) is 137 cm³/mol. The van der Waals surface area contributed by atoms with Crippen molar-refractivity contribution < 1.29 is 13.9 Å². The number of ether oxygens (including phenoxy) is 2. The van der Waals surface area contributed by atoms with E-state index in [1.807, 2.05) is 12.1 Å². The highest BCUT2D eigenvalue weighted by Crippen LogP contribution is 2.31. The highest BCUT2D eigenvalue weighted by molar-refractivity contribution is 5.83. The number of fused-ring (bicyclic) bond motifs is 1. The average Bonchev–Trinajstić information content (AvgIpc) is 3.36. The minimum Gasteiger partial charge on any atom is -0.493 e. The number of nitrogens with zero attached hydrogens (tertiary/aromatic N) is 5. The van der Waals surface area contributed by atoms with Gasteiger partial charge in [0.2, 0.25) is 0 Å². The summed E-state index contributed by atoms with van der Waals surface area (Å²) in [5.74, 6) is 1.60. The highest BCUT2D eigenvalue weighted by Gasteiger charge is 2.25. The third-order valence-electron chi connectivity index (χ3n) is 7.09. The van der Waals surface area contributed by atoms with Gasteiger partial charge in [0, 0.05) is 29.6 Å². The lowest BCUT2D eigenvalue weighted by atomic mass is 9.93. The number of benzene rings is 2. The number of hydrogen-bond acceptors (Lipinski definition) is 7. The van der Waals surface area contributed by atoms with Gasteiger partial charge in [-0.15, -0.1) is 5.10 Å². The summed E-state index contributed by atoms with van der Waals surface area (Å²) < 4.78 is 25.9. The maximum Gasteiger partial charge on any atom is 0.252 e. The second-order valence-electron chi connectivity index (χ2n) is 9.49. The number of methoxy groups -OCH3 is 2. The van der Waals surface area contributed by atoms with Crippen LogP contribution >= 0.6 is 0 Å². The Balaban J connectivity index is 1.44. The average molecular weight is 507 g/mol. The minimum atomic E-state index is -0.277. The van der Waals surface area contributed by atoms with Crippen molar-refractivity contribution >= 4 is 10.9 Å². The van der Waals surface area contributed by atoms with Crippen molar-refractivity contribution in [1.82, 2.24) is 30.1 Å². The van der Waals surface area contributed by atoms with Crippen molar-refractivity contribution in [3.05, 3.63) is 75.6 Å². The Bertz CT molecular complexity index is 1410. The number of hydrogen-bond donors (Lipinski definition) is 1. The Morgan fingerprint density at radius 1 is 1.03 bits per heavy atom. The number of nitrogens with one attached hydrogen (secondary N) is 1. The first kappa shape index (κ1) is 24.9. The third kappa shape index (κ3) is 5.64. The van der Waals surface area contributed by atoms with Crippen molar-refractivity contribution in [3.63, 3.8) is 0 Å². The second kappa shape index (κ2) is 11.1. The number of tetrazole rings is 1. The van der Waals surface area contributed by atoms with Crippen LogP contribution in [0.2, 0.25) is 0 Å². The lowest BCUT2D eigenvalue weighted by Gasteiger charge is -2.33. The molecule has 1 aliphatic rings. The van der Waals surface area contributed by atoms with Gasteiger partial charge >= 0.3 is 0 Å². The van der Waals surface area contributed by atoms with Gasteiger partial charge in [0.15, 0.2) is 17.3 Å². The largest absolute Gasteiger partial charge is 0.493 e. The van der Waals surface area contributed by atoms with Crippen LogP contribution in [0.15, 0.2) is 47.3 Å². The van der Waals surface area contributed by atoms with Gasteiger partial charge in [-0.25, -0.2) is 9.07 Å². The molecule has 10 heteroatoms. The molecule has 1 N–H and O–H groups in total. The van der Waals surface area contributed by atoms with Crippen molar-refractivity contribution in [2.45, 2.75) is 57.8 Å². The number of pyridine rings is 1. The zero-order valence-corrected chi connectivity index (χ0v) is 21.1. The van der Waals surface area contributed by atoms with Gasteiger partial charge in [0.1, 0.15) is 5.82 Å². The first-order valence-electron chi connectivity index (χ1n) is 12.6. The Morgan fingerprint density at radius 3 is 2.49 bits per heavy atom. The summed E-state index contributed by atoms with van der Waals surface area (Å²) in [6.45, 7) is 1.41. The monoisotopic (exact) mass is 506 g/mol. The summed E-state index contributed by atoms with van der Waals surface area (Å²) in [6, 6.07) is 12.2. The topological polar surface area (TPSA) is 98.2 Å². The number of aromatic nitrogens is 5. The van der Waals surface area contributed by atoms with Crippen LogP contribution in [0.3, 0.4) is 0 Å². The van der Waals surface area contributed by atoms with Gasteiger partial charge in [0.25, 0.3) is 5.56 Å². The van der Waals surface area contributed by atoms with Gasteiger partial charge in [-0.3, -0.25) is 9.69 Å². The van der Waals surface area contributed by atoms with Gasteiger partial charge < -0.3 is 14.5 Å². The summed E-state index contributed by atoms with van der Waals surface area (Å²) in [4.78, 5) is 18.4. The molecule has 0 atom stereocenters. The third-order valence-corrected chi connectivity index (χ3v) is 7.09. The van der Waals surface area contributed by atoms with E-state index in [1.54, 1.807) is 37.1 Å². The van der Waals surface area contributed by atoms with E-state index in [0.717, 1.165) is 36.6 Å². The molecule has 2 aromatic heterocycles. The zero-order valence-electron chi connectivity index (χ0n) is 21.1. The van der Waals surface area contributed by atoms with Crippen molar-refractivity contribution in [2.75, 3.05) is 14.2 Å². The summed E-state index contributed by atoms with van der Waals surface area (Å²) >= 11 is 0. The molecule has 0 amide bonds. The highest BCUT2D eigenvalue weighted by atomic mass is 19.1. The van der Waals surface area contributed by atoms with E-state index in [-0.39, 0.29) is 11.4 Å². The van der Waals surface area contributed by atoms with E-state index in [9.17, 15) is 9.18 Å². The number of halogens is 1. The zero-order chi connectivity index (χ0) is 25.8. The molecule has 0 spiro atoms. The molecular weight excluding hydrogens is 475 g/mol. The number of rotatable bonds is 9. The Hall–Kier alpha value is -3.79. The molecule has 37 heavy (non-hydrogen) atoms. The molecule has 2 aromatic carbocycles.